The summed E-state index contributed by atoms with van der Waals surface area (Å²) < 4.78 is 44.0. The summed E-state index contributed by atoms with van der Waals surface area (Å²) in [5.74, 6) is 0.218. The zero-order chi connectivity index (χ0) is 24.3. The molecule has 0 amide bonds. The standard InChI is InChI=1S/C23H22ClFN6O2S2/c1-30-8-6-18(28-30)20-19-11-14(29-35(32,33)15-3-4-15)12-31(19)22(23-26-7-9-34-23)27-21(20)16-5-2-13(25)10-17(16)24/h2,5-10,14-15,21,29H,3-4,11-12H2,1H3/t14-,21-/m0/s1. The normalized spacial score (nSPS) is 22.5. The van der Waals surface area contributed by atoms with Gasteiger partial charge in [0.25, 0.3) is 0 Å². The average Bonchev–Trinajstić information content (AvgIpc) is 3.17. The molecule has 2 atom stereocenters. The predicted octanol–water partition coefficient (Wildman–Crippen LogP) is 3.74. The Bertz CT molecular complexity index is 1460. The second kappa shape index (κ2) is 8.51. The highest BCUT2D eigenvalue weighted by molar-refractivity contribution is 7.90. The van der Waals surface area contributed by atoms with Crippen molar-refractivity contribution in [2.45, 2.75) is 36.6 Å². The molecule has 0 radical (unpaired) electrons. The van der Waals surface area contributed by atoms with E-state index < -0.39 is 21.9 Å². The molecule has 0 bridgehead atoms. The molecule has 2 aromatic heterocycles. The molecule has 4 heterocycles. The minimum Gasteiger partial charge on any atom is -0.326 e. The predicted molar refractivity (Wildman–Crippen MR) is 133 cm³/mol. The summed E-state index contributed by atoms with van der Waals surface area (Å²) in [5, 5.41) is 7.19. The molecule has 0 unspecified atom stereocenters. The first-order valence-electron chi connectivity index (χ1n) is 11.2. The number of aliphatic imine (C=N–C) groups is 1. The lowest BCUT2D eigenvalue weighted by Crippen LogP contribution is -2.40. The fourth-order valence-electron chi connectivity index (χ4n) is 4.71. The van der Waals surface area contributed by atoms with Gasteiger partial charge in [-0.3, -0.25) is 9.67 Å². The number of nitrogens with zero attached hydrogens (tertiary/aromatic N) is 5. The summed E-state index contributed by atoms with van der Waals surface area (Å²) in [5.41, 5.74) is 3.10. The number of fused-ring (bicyclic) bond motifs is 1. The molecule has 35 heavy (non-hydrogen) atoms. The highest BCUT2D eigenvalue weighted by Crippen LogP contribution is 2.46. The van der Waals surface area contributed by atoms with Gasteiger partial charge in [-0.05, 0) is 31.0 Å². The van der Waals surface area contributed by atoms with Crippen molar-refractivity contribution in [3.63, 3.8) is 0 Å². The van der Waals surface area contributed by atoms with E-state index in [1.165, 1.54) is 23.5 Å². The molecule has 3 aliphatic rings. The lowest BCUT2D eigenvalue weighted by Gasteiger charge is -2.32. The molecule has 1 aromatic carbocycles. The number of thiazole rings is 1. The number of sulfonamides is 1. The maximum atomic E-state index is 13.9. The van der Waals surface area contributed by atoms with E-state index in [4.69, 9.17) is 16.6 Å². The van der Waals surface area contributed by atoms with E-state index in [1.54, 1.807) is 16.9 Å². The third kappa shape index (κ3) is 4.20. The number of amidine groups is 1. The largest absolute Gasteiger partial charge is 0.326 e. The molecule has 8 nitrogen and oxygen atoms in total. The fraction of sp³-hybridized carbons (Fsp3) is 0.348. The molecule has 0 spiro atoms. The van der Waals surface area contributed by atoms with E-state index in [-0.39, 0.29) is 16.3 Å². The van der Waals surface area contributed by atoms with Crippen molar-refractivity contribution in [1.29, 1.82) is 0 Å². The van der Waals surface area contributed by atoms with Gasteiger partial charge in [-0.25, -0.2) is 22.5 Å². The summed E-state index contributed by atoms with van der Waals surface area (Å²) in [6.45, 7) is 0.430. The SMILES string of the molecule is Cn1ccc(C2=C3C[C@H](NS(=O)(=O)C4CC4)CN3C(c3nccs3)=N[C@H]2c2ccc(F)cc2Cl)n1. The summed E-state index contributed by atoms with van der Waals surface area (Å²) in [7, 11) is -1.54. The van der Waals surface area contributed by atoms with Crippen molar-refractivity contribution in [1.82, 2.24) is 24.4 Å². The molecular weight excluding hydrogens is 511 g/mol. The van der Waals surface area contributed by atoms with Gasteiger partial charge >= 0.3 is 0 Å². The Labute approximate surface area is 211 Å². The summed E-state index contributed by atoms with van der Waals surface area (Å²) in [6, 6.07) is 5.32. The van der Waals surface area contributed by atoms with Crippen molar-refractivity contribution < 1.29 is 12.8 Å². The fourth-order valence-corrected chi connectivity index (χ4v) is 7.19. The Balaban J connectivity index is 1.51. The van der Waals surface area contributed by atoms with Crippen LogP contribution in [0.5, 0.6) is 0 Å². The number of hydrogen-bond donors (Lipinski definition) is 1. The van der Waals surface area contributed by atoms with Gasteiger partial charge < -0.3 is 4.90 Å². The monoisotopic (exact) mass is 532 g/mol. The van der Waals surface area contributed by atoms with Crippen LogP contribution >= 0.6 is 22.9 Å². The van der Waals surface area contributed by atoms with Crippen LogP contribution in [0, 0.1) is 5.82 Å². The van der Waals surface area contributed by atoms with Crippen LogP contribution in [-0.2, 0) is 17.1 Å². The van der Waals surface area contributed by atoms with Crippen molar-refractivity contribution >= 4 is 44.4 Å². The van der Waals surface area contributed by atoms with E-state index in [0.717, 1.165) is 16.3 Å². The number of aromatic nitrogens is 3. The topological polar surface area (TPSA) is 92.5 Å². The van der Waals surface area contributed by atoms with Gasteiger partial charge in [-0.1, -0.05) is 17.7 Å². The molecular formula is C23H22ClFN6O2S2. The van der Waals surface area contributed by atoms with Gasteiger partial charge in [0.2, 0.25) is 10.0 Å². The van der Waals surface area contributed by atoms with E-state index in [0.29, 0.717) is 42.9 Å². The maximum Gasteiger partial charge on any atom is 0.214 e. The van der Waals surface area contributed by atoms with Crippen molar-refractivity contribution in [2.75, 3.05) is 6.54 Å². The zero-order valence-electron chi connectivity index (χ0n) is 18.7. The molecule has 1 N–H and O–H groups in total. The Hall–Kier alpha value is -2.60. The first-order chi connectivity index (χ1) is 16.8. The lowest BCUT2D eigenvalue weighted by molar-refractivity contribution is 0.517. The maximum absolute atomic E-state index is 13.9. The number of hydrogen-bond acceptors (Lipinski definition) is 7. The average molecular weight is 533 g/mol. The summed E-state index contributed by atoms with van der Waals surface area (Å²) in [6.07, 6.45) is 5.43. The lowest BCUT2D eigenvalue weighted by atomic mass is 9.92. The van der Waals surface area contributed by atoms with Gasteiger partial charge in [-0.2, -0.15) is 5.10 Å². The molecule has 3 aromatic rings. The molecule has 6 rings (SSSR count). The van der Waals surface area contributed by atoms with E-state index in [2.05, 4.69) is 14.8 Å². The zero-order valence-corrected chi connectivity index (χ0v) is 21.1. The molecule has 2 aliphatic heterocycles. The summed E-state index contributed by atoms with van der Waals surface area (Å²) >= 11 is 7.97. The second-order valence-corrected chi connectivity index (χ2v) is 12.3. The molecule has 1 saturated heterocycles. The number of halogens is 2. The van der Waals surface area contributed by atoms with Crippen molar-refractivity contribution in [2.24, 2.45) is 12.0 Å². The Morgan fingerprint density at radius 3 is 2.74 bits per heavy atom. The third-order valence-corrected chi connectivity index (χ3v) is 9.53. The van der Waals surface area contributed by atoms with Gasteiger partial charge in [-0.15, -0.1) is 11.3 Å². The quantitative estimate of drug-likeness (QED) is 0.522. The highest BCUT2D eigenvalue weighted by atomic mass is 35.5. The van der Waals surface area contributed by atoms with Crippen LogP contribution in [0.2, 0.25) is 5.02 Å². The third-order valence-electron chi connectivity index (χ3n) is 6.42. The Morgan fingerprint density at radius 2 is 2.09 bits per heavy atom. The minimum absolute atomic E-state index is 0.267. The second-order valence-electron chi connectivity index (χ2n) is 8.97. The number of aryl methyl sites for hydroxylation is 1. The number of rotatable bonds is 6. The Morgan fingerprint density at radius 1 is 1.26 bits per heavy atom. The van der Waals surface area contributed by atoms with Gasteiger partial charge in [0, 0.05) is 65.7 Å². The smallest absolute Gasteiger partial charge is 0.214 e. The minimum atomic E-state index is -3.37. The van der Waals surface area contributed by atoms with Crippen LogP contribution in [0.3, 0.4) is 0 Å². The highest BCUT2D eigenvalue weighted by Gasteiger charge is 2.44. The molecule has 2 fully saturated rings. The summed E-state index contributed by atoms with van der Waals surface area (Å²) in [4.78, 5) is 11.6. The van der Waals surface area contributed by atoms with Crippen LogP contribution in [0.4, 0.5) is 4.39 Å². The van der Waals surface area contributed by atoms with E-state index >= 15 is 0 Å². The van der Waals surface area contributed by atoms with Gasteiger partial charge in [0.1, 0.15) is 11.9 Å². The van der Waals surface area contributed by atoms with Crippen LogP contribution in [0.25, 0.3) is 5.57 Å². The molecule has 1 aliphatic carbocycles. The molecule has 182 valence electrons. The van der Waals surface area contributed by atoms with Crippen LogP contribution in [0.15, 0.2) is 52.7 Å². The van der Waals surface area contributed by atoms with Crippen LogP contribution in [-0.4, -0.2) is 51.8 Å². The van der Waals surface area contributed by atoms with Crippen molar-refractivity contribution in [3.05, 3.63) is 74.8 Å². The van der Waals surface area contributed by atoms with Crippen LogP contribution in [0.1, 0.15) is 41.6 Å². The molecule has 1 saturated carbocycles. The van der Waals surface area contributed by atoms with E-state index in [1.807, 2.05) is 29.6 Å². The van der Waals surface area contributed by atoms with Gasteiger partial charge in [0.15, 0.2) is 10.8 Å². The number of benzene rings is 1. The van der Waals surface area contributed by atoms with Crippen LogP contribution < -0.4 is 4.72 Å². The first kappa shape index (κ1) is 22.8. The number of nitrogens with one attached hydrogen (secondary N) is 1. The first-order valence-corrected chi connectivity index (χ1v) is 14.0. The van der Waals surface area contributed by atoms with E-state index in [9.17, 15) is 12.8 Å². The Kier molecular flexibility index (Phi) is 5.55. The molecule has 12 heteroatoms. The van der Waals surface area contributed by atoms with Gasteiger partial charge in [0.05, 0.1) is 10.9 Å². The van der Waals surface area contributed by atoms with Crippen molar-refractivity contribution in [3.8, 4) is 0 Å².